The molecule has 0 saturated carbocycles. The molecule has 0 aromatic heterocycles. The van der Waals surface area contributed by atoms with E-state index >= 15 is 0 Å². The van der Waals surface area contributed by atoms with Crippen LogP contribution in [0.1, 0.15) is 452 Å². The third-order valence-corrected chi connectivity index (χ3v) is 22.2. The molecule has 0 rings (SSSR count). The molecule has 0 saturated heterocycles. The number of esters is 4. The van der Waals surface area contributed by atoms with Crippen molar-refractivity contribution in [3.8, 4) is 0 Å². The highest BCUT2D eigenvalue weighted by atomic mass is 31.2. The highest BCUT2D eigenvalue weighted by molar-refractivity contribution is 7.47. The molecule has 6 atom stereocenters. The third kappa shape index (κ3) is 76.8. The number of hydrogen-bond donors (Lipinski definition) is 3. The first-order valence-electron chi connectivity index (χ1n) is 44.0. The second-order valence-electron chi connectivity index (χ2n) is 31.3. The van der Waals surface area contributed by atoms with Gasteiger partial charge in [0.05, 0.1) is 26.4 Å². The summed E-state index contributed by atoms with van der Waals surface area (Å²) in [6.07, 6.45) is 68.1. The Hall–Kier alpha value is -1.94. The lowest BCUT2D eigenvalue weighted by Crippen LogP contribution is -2.30. The Balaban J connectivity index is 5.23. The smallest absolute Gasteiger partial charge is 0.462 e. The zero-order chi connectivity index (χ0) is 76.4. The Morgan fingerprint density at radius 1 is 0.279 bits per heavy atom. The number of rotatable bonds is 84. The molecule has 0 aliphatic carbocycles. The largest absolute Gasteiger partial charge is 0.472 e. The molecule has 3 N–H and O–H groups in total. The summed E-state index contributed by atoms with van der Waals surface area (Å²) in [5, 5.41) is 10.7. The van der Waals surface area contributed by atoms with Gasteiger partial charge in [0.2, 0.25) is 0 Å². The van der Waals surface area contributed by atoms with E-state index in [1.807, 2.05) is 0 Å². The standard InChI is InChI=1S/C85H166O17P2/c1-7-10-12-14-16-18-20-22-24-25-29-33-36-40-44-48-55-61-67-82(87)95-73-80(101-84(89)69-64-58-50-46-42-38-34-30-27-26-28-32-35-39-43-47-53-59-65-77(4)5)75-99-103(91,92)97-71-79(86)72-98-104(93,94)100-76-81(74-96-83(88)68-62-56-52-51-54-60-66-78(6)9-3)102-85(90)70-63-57-49-45-41-37-31-23-21-19-17-15-13-11-8-2/h77-81,86H,7-76H2,1-6H3,(H,91,92)(H,93,94)/t78?,79-,80-,81-/m1/s1. The Kier molecular flexibility index (Phi) is 75.0. The summed E-state index contributed by atoms with van der Waals surface area (Å²) in [6.45, 7) is 9.66. The van der Waals surface area contributed by atoms with Gasteiger partial charge in [0, 0.05) is 25.7 Å². The van der Waals surface area contributed by atoms with Crippen LogP contribution in [0.2, 0.25) is 0 Å². The van der Waals surface area contributed by atoms with E-state index in [1.165, 1.54) is 263 Å². The van der Waals surface area contributed by atoms with Crippen LogP contribution in [0, 0.1) is 11.8 Å². The van der Waals surface area contributed by atoms with Crippen molar-refractivity contribution in [3.63, 3.8) is 0 Å². The van der Waals surface area contributed by atoms with Gasteiger partial charge in [-0.3, -0.25) is 37.3 Å². The molecule has 618 valence electrons. The Morgan fingerprint density at radius 3 is 0.731 bits per heavy atom. The Morgan fingerprint density at radius 2 is 0.490 bits per heavy atom. The first-order valence-corrected chi connectivity index (χ1v) is 47.0. The molecule has 0 spiro atoms. The fourth-order valence-corrected chi connectivity index (χ4v) is 14.8. The molecule has 19 heteroatoms. The highest BCUT2D eigenvalue weighted by Crippen LogP contribution is 2.45. The van der Waals surface area contributed by atoms with Crippen molar-refractivity contribution >= 4 is 39.5 Å². The van der Waals surface area contributed by atoms with E-state index in [0.29, 0.717) is 25.7 Å². The monoisotopic (exact) mass is 1520 g/mol. The molecule has 0 amide bonds. The molecule has 3 unspecified atom stereocenters. The zero-order valence-electron chi connectivity index (χ0n) is 68.3. The average molecular weight is 1520 g/mol. The lowest BCUT2D eigenvalue weighted by atomic mass is 10.00. The average Bonchev–Trinajstić information content (AvgIpc) is 0.952. The maximum atomic E-state index is 13.1. The first-order chi connectivity index (χ1) is 50.4. The molecular weight excluding hydrogens is 1350 g/mol. The van der Waals surface area contributed by atoms with E-state index in [1.54, 1.807) is 0 Å². The van der Waals surface area contributed by atoms with E-state index < -0.39 is 97.5 Å². The van der Waals surface area contributed by atoms with Gasteiger partial charge in [-0.25, -0.2) is 9.13 Å². The number of hydrogen-bond acceptors (Lipinski definition) is 15. The molecule has 104 heavy (non-hydrogen) atoms. The Bertz CT molecular complexity index is 2000. The topological polar surface area (TPSA) is 237 Å². The molecule has 0 aromatic rings. The number of carbonyl (C=O) groups is 4. The minimum absolute atomic E-state index is 0.108. The van der Waals surface area contributed by atoms with Crippen LogP contribution in [-0.2, 0) is 65.4 Å². The van der Waals surface area contributed by atoms with Gasteiger partial charge in [0.25, 0.3) is 0 Å². The minimum Gasteiger partial charge on any atom is -0.462 e. The molecule has 0 radical (unpaired) electrons. The number of carbonyl (C=O) groups excluding carboxylic acids is 4. The van der Waals surface area contributed by atoms with Gasteiger partial charge in [-0.2, -0.15) is 0 Å². The predicted molar refractivity (Wildman–Crippen MR) is 428 cm³/mol. The molecular formula is C85H166O17P2. The SMILES string of the molecule is CCCCCCCCCCCCCCCCCCCCC(=O)OC[C@H](COP(=O)(O)OC[C@@H](O)COP(=O)(O)OC[C@@H](COC(=O)CCCCCCCCC(C)CC)OC(=O)CCCCCCCCCCCCCCCCC)OC(=O)CCCCCCCCCCCCCCCCCCCCC(C)C. The second-order valence-corrected chi connectivity index (χ2v) is 34.2. The number of ether oxygens (including phenoxy) is 4. The molecule has 0 heterocycles. The van der Waals surface area contributed by atoms with E-state index in [0.717, 1.165) is 108 Å². The Labute approximate surface area is 638 Å². The van der Waals surface area contributed by atoms with E-state index in [-0.39, 0.29) is 25.7 Å². The van der Waals surface area contributed by atoms with E-state index in [9.17, 15) is 43.2 Å². The molecule has 0 fully saturated rings. The van der Waals surface area contributed by atoms with Gasteiger partial charge in [0.1, 0.15) is 19.3 Å². The van der Waals surface area contributed by atoms with Crippen LogP contribution in [0.25, 0.3) is 0 Å². The summed E-state index contributed by atoms with van der Waals surface area (Å²) in [5.41, 5.74) is 0. The van der Waals surface area contributed by atoms with Crippen molar-refractivity contribution in [3.05, 3.63) is 0 Å². The summed E-state index contributed by atoms with van der Waals surface area (Å²) in [6, 6.07) is 0. The minimum atomic E-state index is -4.97. The van der Waals surface area contributed by atoms with Crippen LogP contribution >= 0.6 is 15.6 Å². The maximum absolute atomic E-state index is 13.1. The van der Waals surface area contributed by atoms with Crippen LogP contribution in [0.3, 0.4) is 0 Å². The van der Waals surface area contributed by atoms with Crippen molar-refractivity contribution in [2.75, 3.05) is 39.6 Å². The van der Waals surface area contributed by atoms with Gasteiger partial charge in [-0.1, -0.05) is 401 Å². The van der Waals surface area contributed by atoms with Gasteiger partial charge in [0.15, 0.2) is 12.2 Å². The quantitative estimate of drug-likeness (QED) is 0.0222. The highest BCUT2D eigenvalue weighted by Gasteiger charge is 2.30. The van der Waals surface area contributed by atoms with Crippen molar-refractivity contribution in [1.29, 1.82) is 0 Å². The van der Waals surface area contributed by atoms with Crippen LogP contribution in [0.5, 0.6) is 0 Å². The van der Waals surface area contributed by atoms with Gasteiger partial charge in [-0.05, 0) is 37.5 Å². The number of unbranched alkanes of at least 4 members (excludes halogenated alkanes) is 53. The van der Waals surface area contributed by atoms with Crippen molar-refractivity contribution < 1.29 is 80.2 Å². The summed E-state index contributed by atoms with van der Waals surface area (Å²) < 4.78 is 68.8. The first kappa shape index (κ1) is 102. The van der Waals surface area contributed by atoms with E-state index in [2.05, 4.69) is 41.5 Å². The van der Waals surface area contributed by atoms with Crippen molar-refractivity contribution in [2.45, 2.75) is 471 Å². The molecule has 0 aliphatic heterocycles. The van der Waals surface area contributed by atoms with Crippen molar-refractivity contribution in [1.82, 2.24) is 0 Å². The molecule has 0 bridgehead atoms. The van der Waals surface area contributed by atoms with Crippen LogP contribution in [0.15, 0.2) is 0 Å². The maximum Gasteiger partial charge on any atom is 0.472 e. The molecule has 0 aromatic carbocycles. The lowest BCUT2D eigenvalue weighted by Gasteiger charge is -2.21. The van der Waals surface area contributed by atoms with Gasteiger partial charge in [-0.15, -0.1) is 0 Å². The number of phosphoric acid groups is 2. The van der Waals surface area contributed by atoms with Crippen molar-refractivity contribution in [2.24, 2.45) is 11.8 Å². The number of aliphatic hydroxyl groups is 1. The summed E-state index contributed by atoms with van der Waals surface area (Å²) in [4.78, 5) is 73.2. The van der Waals surface area contributed by atoms with Crippen LogP contribution in [0.4, 0.5) is 0 Å². The van der Waals surface area contributed by atoms with Crippen LogP contribution < -0.4 is 0 Å². The summed E-state index contributed by atoms with van der Waals surface area (Å²) in [7, 11) is -9.93. The van der Waals surface area contributed by atoms with Gasteiger partial charge < -0.3 is 33.8 Å². The fraction of sp³-hybridized carbons (Fsp3) is 0.953. The molecule has 17 nitrogen and oxygen atoms in total. The number of aliphatic hydroxyl groups excluding tert-OH is 1. The second kappa shape index (κ2) is 76.4. The summed E-state index contributed by atoms with van der Waals surface area (Å²) >= 11 is 0. The fourth-order valence-electron chi connectivity index (χ4n) is 13.2. The third-order valence-electron chi connectivity index (χ3n) is 20.3. The predicted octanol–water partition coefficient (Wildman–Crippen LogP) is 25.8. The van der Waals surface area contributed by atoms with Gasteiger partial charge >= 0.3 is 39.5 Å². The normalized spacial score (nSPS) is 14.1. The lowest BCUT2D eigenvalue weighted by molar-refractivity contribution is -0.161. The van der Waals surface area contributed by atoms with Crippen LogP contribution in [-0.4, -0.2) is 96.7 Å². The van der Waals surface area contributed by atoms with E-state index in [4.69, 9.17) is 37.0 Å². The summed E-state index contributed by atoms with van der Waals surface area (Å²) in [5.74, 6) is -0.552. The zero-order valence-corrected chi connectivity index (χ0v) is 70.1. The molecule has 0 aliphatic rings. The number of phosphoric ester groups is 2.